The second kappa shape index (κ2) is 8.41. The lowest BCUT2D eigenvalue weighted by Crippen LogP contribution is -2.37. The fraction of sp³-hybridized carbons (Fsp3) is 0.125. The van der Waals surface area contributed by atoms with Gasteiger partial charge in [-0.15, -0.1) is 0 Å². The predicted molar refractivity (Wildman–Crippen MR) is 99.1 cm³/mol. The number of nitro groups is 1. The minimum atomic E-state index is -0.500. The van der Waals surface area contributed by atoms with Crippen LogP contribution in [0, 0.1) is 17.0 Å². The van der Waals surface area contributed by atoms with Crippen LogP contribution in [0.4, 0.5) is 11.4 Å². The number of nitro benzene ring substituents is 1. The van der Waals surface area contributed by atoms with Crippen LogP contribution in [0.25, 0.3) is 0 Å². The van der Waals surface area contributed by atoms with Gasteiger partial charge >= 0.3 is 0 Å². The molecule has 0 atom stereocenters. The van der Waals surface area contributed by atoms with E-state index < -0.39 is 10.8 Å². The monoisotopic (exact) mass is 379 g/mol. The topological polar surface area (TPSA) is 93.5 Å². The first-order valence-electron chi connectivity index (χ1n) is 7.09. The normalized spacial score (nSPS) is 10.0. The number of carbonyl (C=O) groups is 1. The minimum absolute atomic E-state index is 0.0350. The second-order valence-electron chi connectivity index (χ2n) is 5.00. The van der Waals surface area contributed by atoms with Gasteiger partial charge in [0.2, 0.25) is 0 Å². The third-order valence-electron chi connectivity index (χ3n) is 3.08. The van der Waals surface area contributed by atoms with Gasteiger partial charge < -0.3 is 10.1 Å². The van der Waals surface area contributed by atoms with Crippen LogP contribution in [0.1, 0.15) is 5.56 Å². The molecule has 0 radical (unpaired) electrons. The third-order valence-corrected chi connectivity index (χ3v) is 3.52. The Morgan fingerprint density at radius 3 is 2.56 bits per heavy atom. The Labute approximate surface area is 154 Å². The summed E-state index contributed by atoms with van der Waals surface area (Å²) in [6.45, 7) is 1.60. The van der Waals surface area contributed by atoms with E-state index in [1.54, 1.807) is 18.2 Å². The van der Waals surface area contributed by atoms with Gasteiger partial charge in [0.15, 0.2) is 11.7 Å². The number of nitrogens with one attached hydrogen (secondary N) is 2. The van der Waals surface area contributed by atoms with Gasteiger partial charge in [0.1, 0.15) is 5.75 Å². The number of amides is 1. The van der Waals surface area contributed by atoms with E-state index in [2.05, 4.69) is 10.6 Å². The van der Waals surface area contributed by atoms with E-state index >= 15 is 0 Å². The highest BCUT2D eigenvalue weighted by atomic mass is 35.5. The zero-order valence-corrected chi connectivity index (χ0v) is 14.7. The third kappa shape index (κ3) is 5.70. The summed E-state index contributed by atoms with van der Waals surface area (Å²) >= 11 is 10.9. The molecule has 9 heteroatoms. The number of aryl methyl sites for hydroxylation is 1. The number of benzene rings is 2. The van der Waals surface area contributed by atoms with Crippen molar-refractivity contribution in [1.82, 2.24) is 5.32 Å². The number of halogens is 1. The maximum absolute atomic E-state index is 11.9. The van der Waals surface area contributed by atoms with Gasteiger partial charge in [0.25, 0.3) is 11.6 Å². The van der Waals surface area contributed by atoms with E-state index in [1.807, 2.05) is 6.92 Å². The molecule has 0 saturated heterocycles. The summed E-state index contributed by atoms with van der Waals surface area (Å²) in [5.74, 6) is 0.113. The Morgan fingerprint density at radius 1 is 1.28 bits per heavy atom. The number of hydrogen-bond donors (Lipinski definition) is 2. The van der Waals surface area contributed by atoms with E-state index in [0.29, 0.717) is 16.5 Å². The summed E-state index contributed by atoms with van der Waals surface area (Å²) in [5, 5.41) is 16.5. The second-order valence-corrected chi connectivity index (χ2v) is 5.85. The lowest BCUT2D eigenvalue weighted by molar-refractivity contribution is -0.384. The largest absolute Gasteiger partial charge is 0.483 e. The lowest BCUT2D eigenvalue weighted by atomic mass is 10.2. The number of nitrogens with zero attached hydrogens (tertiary/aromatic N) is 1. The Morgan fingerprint density at radius 2 is 1.96 bits per heavy atom. The molecule has 0 unspecified atom stereocenters. The number of rotatable bonds is 5. The van der Waals surface area contributed by atoms with E-state index in [1.165, 1.54) is 24.3 Å². The maximum Gasteiger partial charge on any atom is 0.269 e. The average molecular weight is 380 g/mol. The molecule has 25 heavy (non-hydrogen) atoms. The standard InChI is InChI=1S/C16H14ClN3O4S/c1-10-8-11(17)2-7-14(10)24-9-15(21)19-16(25)18-12-3-5-13(6-4-12)20(22)23/h2-8H,9H2,1H3,(H2,18,19,21,25). The SMILES string of the molecule is Cc1cc(Cl)ccc1OCC(=O)NC(=S)Nc1ccc([N+](=O)[O-])cc1. The molecular weight excluding hydrogens is 366 g/mol. The zero-order chi connectivity index (χ0) is 18.4. The first-order chi connectivity index (χ1) is 11.8. The number of anilines is 1. The van der Waals surface area contributed by atoms with Gasteiger partial charge in [-0.3, -0.25) is 20.2 Å². The van der Waals surface area contributed by atoms with Crippen LogP contribution in [0.3, 0.4) is 0 Å². The summed E-state index contributed by atoms with van der Waals surface area (Å²) in [7, 11) is 0. The van der Waals surface area contributed by atoms with Crippen LogP contribution < -0.4 is 15.4 Å². The maximum atomic E-state index is 11.9. The van der Waals surface area contributed by atoms with Gasteiger partial charge in [0, 0.05) is 22.8 Å². The van der Waals surface area contributed by atoms with Crippen molar-refractivity contribution in [3.8, 4) is 5.75 Å². The number of hydrogen-bond acceptors (Lipinski definition) is 5. The molecule has 0 aliphatic rings. The minimum Gasteiger partial charge on any atom is -0.483 e. The highest BCUT2D eigenvalue weighted by molar-refractivity contribution is 7.80. The first kappa shape index (κ1) is 18.6. The van der Waals surface area contributed by atoms with Crippen molar-refractivity contribution in [2.24, 2.45) is 0 Å². The van der Waals surface area contributed by atoms with Crippen molar-refractivity contribution in [1.29, 1.82) is 0 Å². The van der Waals surface area contributed by atoms with Gasteiger partial charge in [-0.05, 0) is 55.0 Å². The van der Waals surface area contributed by atoms with Gasteiger partial charge in [-0.25, -0.2) is 0 Å². The predicted octanol–water partition coefficient (Wildman–Crippen LogP) is 3.45. The highest BCUT2D eigenvalue weighted by Crippen LogP contribution is 2.21. The molecule has 1 amide bonds. The quantitative estimate of drug-likeness (QED) is 0.469. The Hall–Kier alpha value is -2.71. The van der Waals surface area contributed by atoms with E-state index in [0.717, 1.165) is 5.56 Å². The van der Waals surface area contributed by atoms with E-state index in [-0.39, 0.29) is 17.4 Å². The molecule has 130 valence electrons. The molecule has 0 fully saturated rings. The van der Waals surface area contributed by atoms with Crippen LogP contribution in [0.15, 0.2) is 42.5 Å². The van der Waals surface area contributed by atoms with E-state index in [4.69, 9.17) is 28.6 Å². The molecule has 2 aromatic rings. The molecule has 7 nitrogen and oxygen atoms in total. The first-order valence-corrected chi connectivity index (χ1v) is 7.88. The van der Waals surface area contributed by atoms with Crippen LogP contribution in [-0.4, -0.2) is 22.5 Å². The molecule has 0 heterocycles. The van der Waals surface area contributed by atoms with Crippen LogP contribution in [0.5, 0.6) is 5.75 Å². The summed E-state index contributed by atoms with van der Waals surface area (Å²) in [6, 6.07) is 10.7. The number of carbonyl (C=O) groups excluding carboxylic acids is 1. The summed E-state index contributed by atoms with van der Waals surface area (Å²) in [4.78, 5) is 22.0. The Kier molecular flexibility index (Phi) is 6.26. The van der Waals surface area contributed by atoms with Crippen molar-refractivity contribution in [2.45, 2.75) is 6.92 Å². The van der Waals surface area contributed by atoms with Crippen molar-refractivity contribution in [2.75, 3.05) is 11.9 Å². The van der Waals surface area contributed by atoms with Crippen molar-refractivity contribution in [3.05, 3.63) is 63.2 Å². The molecule has 2 aromatic carbocycles. The molecule has 0 aliphatic heterocycles. The molecular formula is C16H14ClN3O4S. The van der Waals surface area contributed by atoms with Crippen molar-refractivity contribution < 1.29 is 14.5 Å². The molecule has 0 aromatic heterocycles. The van der Waals surface area contributed by atoms with Crippen LogP contribution in [-0.2, 0) is 4.79 Å². The summed E-state index contributed by atoms with van der Waals surface area (Å²) in [5.41, 5.74) is 1.30. The molecule has 0 saturated carbocycles. The van der Waals surface area contributed by atoms with Crippen molar-refractivity contribution in [3.63, 3.8) is 0 Å². The van der Waals surface area contributed by atoms with Gasteiger partial charge in [-0.1, -0.05) is 11.6 Å². The number of thiocarbonyl (C=S) groups is 1. The highest BCUT2D eigenvalue weighted by Gasteiger charge is 2.09. The molecule has 2 N–H and O–H groups in total. The fourth-order valence-electron chi connectivity index (χ4n) is 1.91. The van der Waals surface area contributed by atoms with Crippen LogP contribution >= 0.6 is 23.8 Å². The fourth-order valence-corrected chi connectivity index (χ4v) is 2.37. The summed E-state index contributed by atoms with van der Waals surface area (Å²) in [6.07, 6.45) is 0. The zero-order valence-electron chi connectivity index (χ0n) is 13.1. The smallest absolute Gasteiger partial charge is 0.269 e. The molecule has 0 spiro atoms. The number of non-ortho nitro benzene ring substituents is 1. The van der Waals surface area contributed by atoms with Gasteiger partial charge in [0.05, 0.1) is 4.92 Å². The lowest BCUT2D eigenvalue weighted by Gasteiger charge is -2.11. The molecule has 0 aliphatic carbocycles. The van der Waals surface area contributed by atoms with Gasteiger partial charge in [-0.2, -0.15) is 0 Å². The number of ether oxygens (including phenoxy) is 1. The Bertz CT molecular complexity index is 812. The average Bonchev–Trinajstić information content (AvgIpc) is 2.54. The van der Waals surface area contributed by atoms with Crippen molar-refractivity contribution >= 4 is 46.2 Å². The molecule has 2 rings (SSSR count). The summed E-state index contributed by atoms with van der Waals surface area (Å²) < 4.78 is 5.41. The van der Waals surface area contributed by atoms with Crippen LogP contribution in [0.2, 0.25) is 5.02 Å². The Balaban J connectivity index is 1.83. The van der Waals surface area contributed by atoms with E-state index in [9.17, 15) is 14.9 Å². The molecule has 0 bridgehead atoms.